The molecule has 0 saturated carbocycles. The number of fused-ring (bicyclic) bond motifs is 1. The molecule has 3 amide bonds. The number of aromatic amines is 2. The van der Waals surface area contributed by atoms with Crippen LogP contribution in [0.15, 0.2) is 59.7 Å². The Labute approximate surface area is 321 Å². The molecule has 0 unspecified atom stereocenters. The molecule has 6 rings (SSSR count). The molecule has 292 valence electrons. The molecule has 0 spiro atoms. The van der Waals surface area contributed by atoms with E-state index in [1.54, 1.807) is 0 Å². The molecule has 0 bridgehead atoms. The van der Waals surface area contributed by atoms with Crippen LogP contribution in [-0.2, 0) is 30.5 Å². The highest BCUT2D eigenvalue weighted by Gasteiger charge is 2.38. The number of methoxy groups -OCH3 is 1. The van der Waals surface area contributed by atoms with Gasteiger partial charge in [0.15, 0.2) is 0 Å². The monoisotopic (exact) mass is 752 g/mol. The first-order chi connectivity index (χ1) is 26.6. The number of alkyl carbamates (subject to hydrolysis) is 1. The Hall–Kier alpha value is -5.50. The van der Waals surface area contributed by atoms with Gasteiger partial charge in [0, 0.05) is 13.1 Å². The smallest absolute Gasteiger partial charge is 0.407 e. The lowest BCUT2D eigenvalue weighted by Gasteiger charge is -2.29. The number of nitrogens with one attached hydrogen (secondary N) is 3. The number of ether oxygens (including phenoxy) is 1. The summed E-state index contributed by atoms with van der Waals surface area (Å²) in [4.78, 5) is 72.9. The number of carbonyl (C=O) groups excluding carboxylic acids is 3. The number of aromatic nitrogens is 4. The summed E-state index contributed by atoms with van der Waals surface area (Å²) in [5.74, 6) is 1.25. The van der Waals surface area contributed by atoms with Crippen LogP contribution in [-0.4, -0.2) is 93.4 Å². The Morgan fingerprint density at radius 1 is 0.927 bits per heavy atom. The maximum atomic E-state index is 13.5. The highest BCUT2D eigenvalue weighted by atomic mass is 17.2. The zero-order chi connectivity index (χ0) is 39.1. The number of likely N-dealkylation sites (tertiary alicyclic amines) is 2. The summed E-state index contributed by atoms with van der Waals surface area (Å²) in [5, 5.41) is 2.70. The molecular weight excluding hydrogens is 701 g/mol. The first-order valence-electron chi connectivity index (χ1n) is 19.0. The Morgan fingerprint density at radius 2 is 1.64 bits per heavy atom. The van der Waals surface area contributed by atoms with E-state index in [0.717, 1.165) is 71.6 Å². The van der Waals surface area contributed by atoms with Gasteiger partial charge in [-0.2, -0.15) is 4.89 Å². The van der Waals surface area contributed by atoms with E-state index in [2.05, 4.69) is 72.6 Å². The average Bonchev–Trinajstić information content (AvgIpc) is 4.01. The fourth-order valence-electron chi connectivity index (χ4n) is 7.44. The second-order valence-corrected chi connectivity index (χ2v) is 14.8. The molecule has 2 aromatic carbocycles. The molecule has 0 aliphatic carbocycles. The number of hydrogen-bond donors (Lipinski definition) is 3. The second-order valence-electron chi connectivity index (χ2n) is 14.8. The number of carbonyl (C=O) groups is 3. The summed E-state index contributed by atoms with van der Waals surface area (Å²) in [7, 11) is 2.69. The average molecular weight is 753 g/mol. The Kier molecular flexibility index (Phi) is 12.7. The van der Waals surface area contributed by atoms with Crippen molar-refractivity contribution < 1.29 is 28.9 Å². The molecule has 2 aliphatic rings. The van der Waals surface area contributed by atoms with Crippen molar-refractivity contribution in [3.63, 3.8) is 0 Å². The zero-order valence-electron chi connectivity index (χ0n) is 32.5. The van der Waals surface area contributed by atoms with Crippen LogP contribution < -0.4 is 5.32 Å². The molecule has 0 radical (unpaired) electrons. The highest BCUT2D eigenvalue weighted by molar-refractivity contribution is 5.87. The summed E-state index contributed by atoms with van der Waals surface area (Å²) in [6, 6.07) is 12.9. The third-order valence-electron chi connectivity index (χ3n) is 10.4. The molecule has 2 saturated heterocycles. The Balaban J connectivity index is 1.07. The van der Waals surface area contributed by atoms with Crippen molar-refractivity contribution in [2.75, 3.05) is 27.3 Å². The number of aliphatic imine (C=N–C) groups is 1. The van der Waals surface area contributed by atoms with Crippen LogP contribution in [0.3, 0.4) is 0 Å². The van der Waals surface area contributed by atoms with Crippen LogP contribution >= 0.6 is 0 Å². The largest absolute Gasteiger partial charge is 0.453 e. The fourth-order valence-corrected chi connectivity index (χ4v) is 7.44. The number of allylic oxidation sites excluding steroid dienone is 1. The third-order valence-corrected chi connectivity index (χ3v) is 10.4. The van der Waals surface area contributed by atoms with Crippen LogP contribution in [0.2, 0.25) is 0 Å². The highest BCUT2D eigenvalue weighted by Crippen LogP contribution is 2.34. The molecule has 55 heavy (non-hydrogen) atoms. The van der Waals surface area contributed by atoms with Gasteiger partial charge in [-0.15, -0.1) is 0 Å². The molecule has 2 fully saturated rings. The predicted octanol–water partition coefficient (Wildman–Crippen LogP) is 6.55. The fraction of sp³-hybridized carbons (Fsp3) is 0.463. The number of rotatable bonds is 14. The van der Waals surface area contributed by atoms with E-state index in [-0.39, 0.29) is 35.7 Å². The number of benzene rings is 2. The number of nitrogens with zero attached hydrogens (tertiary/aromatic N) is 5. The van der Waals surface area contributed by atoms with Gasteiger partial charge in [-0.25, -0.2) is 19.8 Å². The van der Waals surface area contributed by atoms with E-state index in [4.69, 9.17) is 14.6 Å². The lowest BCUT2D eigenvalue weighted by molar-refractivity contribution is -0.188. The van der Waals surface area contributed by atoms with Gasteiger partial charge in [0.2, 0.25) is 18.2 Å². The molecule has 2 aliphatic heterocycles. The van der Waals surface area contributed by atoms with E-state index in [9.17, 15) is 14.4 Å². The van der Waals surface area contributed by atoms with Gasteiger partial charge in [-0.3, -0.25) is 9.59 Å². The lowest BCUT2D eigenvalue weighted by atomic mass is 10.0. The maximum Gasteiger partial charge on any atom is 0.407 e. The maximum absolute atomic E-state index is 13.5. The third kappa shape index (κ3) is 9.07. The van der Waals surface area contributed by atoms with E-state index in [1.807, 2.05) is 55.8 Å². The molecule has 4 heterocycles. The second kappa shape index (κ2) is 17.8. The number of amides is 3. The first kappa shape index (κ1) is 39.2. The molecular formula is C41H52N8O6. The van der Waals surface area contributed by atoms with Crippen molar-refractivity contribution in [3.05, 3.63) is 77.5 Å². The summed E-state index contributed by atoms with van der Waals surface area (Å²) >= 11 is 0. The van der Waals surface area contributed by atoms with Gasteiger partial charge >= 0.3 is 6.09 Å². The van der Waals surface area contributed by atoms with Crippen molar-refractivity contribution in [1.29, 1.82) is 0 Å². The number of H-pyrrole nitrogens is 2. The van der Waals surface area contributed by atoms with E-state index < -0.39 is 18.2 Å². The van der Waals surface area contributed by atoms with Crippen LogP contribution in [0.25, 0.3) is 28.4 Å². The van der Waals surface area contributed by atoms with E-state index in [1.165, 1.54) is 26.2 Å². The summed E-state index contributed by atoms with van der Waals surface area (Å²) < 4.78 is 4.76. The minimum Gasteiger partial charge on any atom is -0.453 e. The molecule has 4 aromatic rings. The van der Waals surface area contributed by atoms with Gasteiger partial charge in [0.05, 0.1) is 49.2 Å². The molecule has 3 N–H and O–H groups in total. The van der Waals surface area contributed by atoms with Crippen LogP contribution in [0.4, 0.5) is 4.79 Å². The van der Waals surface area contributed by atoms with Gasteiger partial charge in [0.1, 0.15) is 23.7 Å². The number of hydrogen-bond acceptors (Lipinski definition) is 9. The van der Waals surface area contributed by atoms with Gasteiger partial charge in [-0.05, 0) is 72.8 Å². The van der Waals surface area contributed by atoms with Crippen LogP contribution in [0, 0.1) is 11.8 Å². The minimum atomic E-state index is -0.678. The van der Waals surface area contributed by atoms with E-state index in [0.29, 0.717) is 13.1 Å². The minimum absolute atomic E-state index is 0.00385. The van der Waals surface area contributed by atoms with Crippen LogP contribution in [0.1, 0.15) is 88.2 Å². The Morgan fingerprint density at radius 3 is 2.31 bits per heavy atom. The van der Waals surface area contributed by atoms with Crippen LogP contribution in [0.5, 0.6) is 0 Å². The summed E-state index contributed by atoms with van der Waals surface area (Å²) in [6.45, 7) is 9.00. The van der Waals surface area contributed by atoms with Crippen molar-refractivity contribution in [2.45, 2.75) is 84.0 Å². The van der Waals surface area contributed by atoms with E-state index >= 15 is 0 Å². The molecule has 14 heteroatoms. The molecule has 14 nitrogen and oxygen atoms in total. The number of imidazole rings is 2. The first-order valence-corrected chi connectivity index (χ1v) is 19.0. The zero-order valence-corrected chi connectivity index (χ0v) is 32.5. The lowest BCUT2D eigenvalue weighted by Crippen LogP contribution is -2.51. The predicted molar refractivity (Wildman–Crippen MR) is 210 cm³/mol. The topological polar surface area (TPSA) is 167 Å². The van der Waals surface area contributed by atoms with Gasteiger partial charge in [0.25, 0.3) is 0 Å². The normalized spacial score (nSPS) is 18.6. The molecule has 4 atom stereocenters. The Bertz CT molecular complexity index is 2000. The summed E-state index contributed by atoms with van der Waals surface area (Å²) in [5.41, 5.74) is 5.88. The van der Waals surface area contributed by atoms with Crippen molar-refractivity contribution in [3.8, 4) is 11.3 Å². The van der Waals surface area contributed by atoms with Gasteiger partial charge in [-0.1, -0.05) is 70.2 Å². The molecule has 2 aromatic heterocycles. The standard InChI is InChI=1S/C41H52N8O6/c1-25(2)35(43-24-55-54-6)39(50)48-20-8-12-33(48)37-42-23-32(46-37)29-17-14-27(15-18-29)10-7-11-28-16-19-30-31(22-28)45-38(44-30)34-13-9-21-49(34)40(51)36(26(3)4)47-41(52)53-5/h7,11,14-19,22-26,33-36H,8-10,12-13,20-21H2,1-6H3,(H,42,46)(H,44,45)(H,47,52)/b11-7+,43-24?/t33-,34-,35-,36-/m0/s1. The SMILES string of the molecule is COOC=N[C@H](C(=O)N1CCC[C@H]1c1ncc(-c2ccc(C/C=C/c3ccc4nc([C@@H]5CCCN5C(=O)[C@@H](NC(=O)OC)C(C)C)[nH]c4c3)cc2)[nH]1)C(C)C. The quantitative estimate of drug-likeness (QED) is 0.0565. The van der Waals surface area contributed by atoms with Crippen molar-refractivity contribution in [1.82, 2.24) is 35.1 Å². The summed E-state index contributed by atoms with van der Waals surface area (Å²) in [6.07, 6.45) is 10.8. The van der Waals surface area contributed by atoms with Crippen molar-refractivity contribution in [2.24, 2.45) is 16.8 Å². The van der Waals surface area contributed by atoms with Crippen molar-refractivity contribution >= 4 is 41.4 Å². The van der Waals surface area contributed by atoms with Gasteiger partial charge < -0.3 is 34.7 Å².